The van der Waals surface area contributed by atoms with Crippen LogP contribution in [0.3, 0.4) is 0 Å². The Morgan fingerprint density at radius 3 is 2.63 bits per heavy atom. The van der Waals surface area contributed by atoms with E-state index < -0.39 is 0 Å². The zero-order valence-corrected chi connectivity index (χ0v) is 12.3. The first-order valence-electron chi connectivity index (χ1n) is 6.91. The molecule has 0 atom stereocenters. The topological polar surface area (TPSA) is 72.0 Å². The third kappa shape index (κ3) is 11.5. The number of ether oxygens (including phenoxy) is 2. The summed E-state index contributed by atoms with van der Waals surface area (Å²) in [6.45, 7) is 7.65. The highest BCUT2D eigenvalue weighted by Crippen LogP contribution is 1.97. The average Bonchev–Trinajstić information content (AvgIpc) is 2.42. The van der Waals surface area contributed by atoms with Crippen molar-refractivity contribution in [3.05, 3.63) is 0 Å². The summed E-state index contributed by atoms with van der Waals surface area (Å²) in [5.74, 6) is 0.631. The number of hydrogen-bond donors (Lipinski definition) is 2. The van der Waals surface area contributed by atoms with Gasteiger partial charge in [0.05, 0.1) is 13.7 Å². The minimum atomic E-state index is -0.161. The molecule has 0 radical (unpaired) electrons. The molecule has 0 aliphatic rings. The number of carbonyl (C=O) groups excluding carboxylic acids is 1. The summed E-state index contributed by atoms with van der Waals surface area (Å²) in [4.78, 5) is 15.3. The minimum Gasteiger partial charge on any atom is -0.469 e. The lowest BCUT2D eigenvalue weighted by Crippen LogP contribution is -2.39. The van der Waals surface area contributed by atoms with Gasteiger partial charge in [0, 0.05) is 32.7 Å². The molecule has 0 unspecified atom stereocenters. The van der Waals surface area contributed by atoms with Crippen LogP contribution in [0.15, 0.2) is 4.99 Å². The number of guanidine groups is 1. The van der Waals surface area contributed by atoms with E-state index in [1.165, 1.54) is 7.11 Å². The van der Waals surface area contributed by atoms with Crippen LogP contribution in [0.25, 0.3) is 0 Å². The highest BCUT2D eigenvalue weighted by Gasteiger charge is 1.99. The Hall–Kier alpha value is -1.30. The molecule has 0 aromatic rings. The van der Waals surface area contributed by atoms with Crippen molar-refractivity contribution < 1.29 is 14.3 Å². The fraction of sp³-hybridized carbons (Fsp3) is 0.846. The second kappa shape index (κ2) is 13.1. The van der Waals surface area contributed by atoms with E-state index in [1.807, 2.05) is 13.8 Å². The highest BCUT2D eigenvalue weighted by molar-refractivity contribution is 5.79. The molecule has 19 heavy (non-hydrogen) atoms. The van der Waals surface area contributed by atoms with E-state index in [2.05, 4.69) is 20.4 Å². The summed E-state index contributed by atoms with van der Waals surface area (Å²) < 4.78 is 9.83. The maximum absolute atomic E-state index is 10.9. The minimum absolute atomic E-state index is 0.161. The van der Waals surface area contributed by atoms with Crippen molar-refractivity contribution in [2.45, 2.75) is 33.1 Å². The van der Waals surface area contributed by atoms with E-state index >= 15 is 0 Å². The van der Waals surface area contributed by atoms with Crippen LogP contribution in [0.1, 0.15) is 33.1 Å². The van der Waals surface area contributed by atoms with E-state index in [0.29, 0.717) is 19.6 Å². The van der Waals surface area contributed by atoms with Gasteiger partial charge in [-0.15, -0.1) is 0 Å². The van der Waals surface area contributed by atoms with Gasteiger partial charge in [-0.3, -0.25) is 9.79 Å². The van der Waals surface area contributed by atoms with Crippen LogP contribution in [0, 0.1) is 0 Å². The van der Waals surface area contributed by atoms with Crippen molar-refractivity contribution in [1.29, 1.82) is 0 Å². The number of unbranched alkanes of at least 4 members (excludes halogenated alkanes) is 1. The van der Waals surface area contributed by atoms with Crippen molar-refractivity contribution in [2.75, 3.05) is 40.0 Å². The first kappa shape index (κ1) is 17.7. The molecule has 0 aromatic carbocycles. The standard InChI is InChI=1S/C13H27N3O3/c1-4-14-13(16-10-11-19-5-2)15-9-7-6-8-12(17)18-3/h4-11H2,1-3H3,(H2,14,15,16). The lowest BCUT2D eigenvalue weighted by Gasteiger charge is -2.11. The molecule has 112 valence electrons. The Balaban J connectivity index is 3.75. The van der Waals surface area contributed by atoms with Crippen molar-refractivity contribution >= 4 is 11.9 Å². The molecule has 0 saturated carbocycles. The maximum Gasteiger partial charge on any atom is 0.305 e. The van der Waals surface area contributed by atoms with Crippen molar-refractivity contribution in [3.8, 4) is 0 Å². The number of rotatable bonds is 10. The summed E-state index contributed by atoms with van der Waals surface area (Å²) in [5.41, 5.74) is 0. The van der Waals surface area contributed by atoms with Gasteiger partial charge >= 0.3 is 5.97 Å². The van der Waals surface area contributed by atoms with Gasteiger partial charge in [0.1, 0.15) is 0 Å². The van der Waals surface area contributed by atoms with Crippen molar-refractivity contribution in [1.82, 2.24) is 10.6 Å². The molecule has 0 amide bonds. The predicted octanol–water partition coefficient (Wildman–Crippen LogP) is 0.921. The van der Waals surface area contributed by atoms with E-state index in [0.717, 1.165) is 38.5 Å². The molecule has 0 aliphatic heterocycles. The lowest BCUT2D eigenvalue weighted by atomic mass is 10.2. The first-order valence-corrected chi connectivity index (χ1v) is 6.91. The van der Waals surface area contributed by atoms with Crippen LogP contribution in [-0.2, 0) is 14.3 Å². The van der Waals surface area contributed by atoms with Gasteiger partial charge < -0.3 is 20.1 Å². The van der Waals surface area contributed by atoms with Gasteiger partial charge in [0.25, 0.3) is 0 Å². The summed E-state index contributed by atoms with van der Waals surface area (Å²) in [7, 11) is 1.41. The van der Waals surface area contributed by atoms with Gasteiger partial charge in [-0.05, 0) is 26.7 Å². The SMILES string of the molecule is CCNC(=NCCCCC(=O)OC)NCCOCC. The van der Waals surface area contributed by atoms with Gasteiger partial charge in [0.2, 0.25) is 0 Å². The average molecular weight is 273 g/mol. The monoisotopic (exact) mass is 273 g/mol. The smallest absolute Gasteiger partial charge is 0.305 e. The van der Waals surface area contributed by atoms with Gasteiger partial charge in [-0.2, -0.15) is 0 Å². The van der Waals surface area contributed by atoms with E-state index in [1.54, 1.807) is 0 Å². The van der Waals surface area contributed by atoms with E-state index in [4.69, 9.17) is 4.74 Å². The Morgan fingerprint density at radius 2 is 2.00 bits per heavy atom. The predicted molar refractivity (Wildman–Crippen MR) is 76.3 cm³/mol. The van der Waals surface area contributed by atoms with Gasteiger partial charge in [-0.25, -0.2) is 0 Å². The molecule has 0 fully saturated rings. The maximum atomic E-state index is 10.9. The second-order valence-electron chi connectivity index (χ2n) is 3.92. The molecule has 0 spiro atoms. The van der Waals surface area contributed by atoms with Gasteiger partial charge in [-0.1, -0.05) is 0 Å². The summed E-state index contributed by atoms with van der Waals surface area (Å²) >= 11 is 0. The fourth-order valence-corrected chi connectivity index (χ4v) is 1.40. The lowest BCUT2D eigenvalue weighted by molar-refractivity contribution is -0.140. The molecular weight excluding hydrogens is 246 g/mol. The van der Waals surface area contributed by atoms with Crippen LogP contribution < -0.4 is 10.6 Å². The largest absolute Gasteiger partial charge is 0.469 e. The normalized spacial score (nSPS) is 11.2. The molecule has 2 N–H and O–H groups in total. The fourth-order valence-electron chi connectivity index (χ4n) is 1.40. The molecule has 0 saturated heterocycles. The second-order valence-corrected chi connectivity index (χ2v) is 3.92. The molecule has 0 aliphatic carbocycles. The van der Waals surface area contributed by atoms with Crippen LogP contribution >= 0.6 is 0 Å². The third-order valence-corrected chi connectivity index (χ3v) is 2.37. The Kier molecular flexibility index (Phi) is 12.2. The number of methoxy groups -OCH3 is 1. The molecule has 0 aromatic heterocycles. The van der Waals surface area contributed by atoms with Crippen LogP contribution in [0.4, 0.5) is 0 Å². The molecule has 0 heterocycles. The number of hydrogen-bond acceptors (Lipinski definition) is 4. The first-order chi connectivity index (χ1) is 9.24. The molecule has 0 rings (SSSR count). The Morgan fingerprint density at radius 1 is 1.21 bits per heavy atom. The molecule has 6 heteroatoms. The van der Waals surface area contributed by atoms with E-state index in [-0.39, 0.29) is 5.97 Å². The highest BCUT2D eigenvalue weighted by atomic mass is 16.5. The third-order valence-electron chi connectivity index (χ3n) is 2.37. The summed E-state index contributed by atoms with van der Waals surface area (Å²) in [6.07, 6.45) is 2.13. The van der Waals surface area contributed by atoms with Crippen molar-refractivity contribution in [3.63, 3.8) is 0 Å². The number of carbonyl (C=O) groups is 1. The van der Waals surface area contributed by atoms with Gasteiger partial charge in [0.15, 0.2) is 5.96 Å². The zero-order chi connectivity index (χ0) is 14.3. The Bertz CT molecular complexity index is 258. The Labute approximate surface area is 116 Å². The van der Waals surface area contributed by atoms with E-state index in [9.17, 15) is 4.79 Å². The van der Waals surface area contributed by atoms with Crippen LogP contribution in [0.2, 0.25) is 0 Å². The number of aliphatic imine (C=N–C) groups is 1. The summed E-state index contributed by atoms with van der Waals surface area (Å²) in [5, 5.41) is 6.35. The van der Waals surface area contributed by atoms with Crippen LogP contribution in [0.5, 0.6) is 0 Å². The van der Waals surface area contributed by atoms with Crippen LogP contribution in [-0.4, -0.2) is 51.9 Å². The number of nitrogens with zero attached hydrogens (tertiary/aromatic N) is 1. The zero-order valence-electron chi connectivity index (χ0n) is 12.3. The number of esters is 1. The van der Waals surface area contributed by atoms with Crippen molar-refractivity contribution in [2.24, 2.45) is 4.99 Å². The number of nitrogens with one attached hydrogen (secondary N) is 2. The molecule has 0 bridgehead atoms. The molecule has 6 nitrogen and oxygen atoms in total. The quantitative estimate of drug-likeness (QED) is 0.268. The molecular formula is C13H27N3O3. The summed E-state index contributed by atoms with van der Waals surface area (Å²) in [6, 6.07) is 0.